The van der Waals surface area contributed by atoms with E-state index in [9.17, 15) is 9.90 Å². The zero-order valence-electron chi connectivity index (χ0n) is 15.7. The van der Waals surface area contributed by atoms with Crippen LogP contribution < -0.4 is 0 Å². The van der Waals surface area contributed by atoms with Crippen molar-refractivity contribution in [3.05, 3.63) is 107 Å². The van der Waals surface area contributed by atoms with E-state index >= 15 is 0 Å². The van der Waals surface area contributed by atoms with Gasteiger partial charge in [0.2, 0.25) is 0 Å². The second-order valence-electron chi connectivity index (χ2n) is 7.12. The van der Waals surface area contributed by atoms with E-state index in [1.807, 2.05) is 67.6 Å². The van der Waals surface area contributed by atoms with Crippen LogP contribution in [-0.4, -0.2) is 11.1 Å². The van der Waals surface area contributed by atoms with Gasteiger partial charge < -0.3 is 9.52 Å². The first-order valence-electron chi connectivity index (χ1n) is 8.98. The van der Waals surface area contributed by atoms with Gasteiger partial charge >= 0.3 is 5.97 Å². The smallest absolute Gasteiger partial charge is 0.318 e. The Labute approximate surface area is 160 Å². The van der Waals surface area contributed by atoms with Crippen molar-refractivity contribution in [1.29, 1.82) is 0 Å². The minimum atomic E-state index is -1.18. The Morgan fingerprint density at radius 1 is 1.07 bits per heavy atom. The maximum Gasteiger partial charge on any atom is 0.318 e. The predicted octanol–water partition coefficient (Wildman–Crippen LogP) is 5.32. The van der Waals surface area contributed by atoms with Gasteiger partial charge in [0.05, 0.1) is 6.26 Å². The van der Waals surface area contributed by atoms with Gasteiger partial charge in [0.15, 0.2) is 0 Å². The van der Waals surface area contributed by atoms with E-state index in [1.165, 1.54) is 0 Å². The fraction of sp³-hybridized carbons (Fsp3) is 0.208. The summed E-state index contributed by atoms with van der Waals surface area (Å²) in [6, 6.07) is 19.6. The van der Waals surface area contributed by atoms with Gasteiger partial charge in [0.1, 0.15) is 11.2 Å². The SMILES string of the molecule is C=C(C)C(Cc1coc(Cc2ccccc2)c1)(C(=O)O)c1ccc(C)cc1. The number of carboxylic acid groups (broad SMARTS) is 1. The summed E-state index contributed by atoms with van der Waals surface area (Å²) in [6.45, 7) is 7.77. The van der Waals surface area contributed by atoms with E-state index in [0.29, 0.717) is 18.4 Å². The molecule has 0 aliphatic carbocycles. The van der Waals surface area contributed by atoms with Crippen LogP contribution in [0.5, 0.6) is 0 Å². The highest BCUT2D eigenvalue weighted by molar-refractivity contribution is 5.86. The predicted molar refractivity (Wildman–Crippen MR) is 107 cm³/mol. The molecule has 3 aromatic rings. The molecule has 0 bridgehead atoms. The molecule has 1 unspecified atom stereocenters. The third kappa shape index (κ3) is 3.87. The van der Waals surface area contributed by atoms with Gasteiger partial charge in [-0.2, -0.15) is 0 Å². The lowest BCUT2D eigenvalue weighted by atomic mass is 9.71. The number of benzene rings is 2. The Bertz CT molecular complexity index is 919. The van der Waals surface area contributed by atoms with Gasteiger partial charge in [-0.3, -0.25) is 4.79 Å². The highest BCUT2D eigenvalue weighted by atomic mass is 16.4. The fourth-order valence-corrected chi connectivity index (χ4v) is 3.43. The van der Waals surface area contributed by atoms with Gasteiger partial charge in [-0.05, 0) is 43.0 Å². The van der Waals surface area contributed by atoms with Gasteiger partial charge in [0, 0.05) is 6.42 Å². The Hall–Kier alpha value is -3.07. The number of carbonyl (C=O) groups is 1. The molecule has 1 aromatic heterocycles. The molecule has 0 radical (unpaired) electrons. The van der Waals surface area contributed by atoms with Crippen LogP contribution in [0.3, 0.4) is 0 Å². The first kappa shape index (κ1) is 18.7. The normalized spacial score (nSPS) is 13.1. The van der Waals surface area contributed by atoms with Gasteiger partial charge in [-0.1, -0.05) is 72.3 Å². The number of rotatable bonds is 7. The van der Waals surface area contributed by atoms with E-state index in [1.54, 1.807) is 13.2 Å². The van der Waals surface area contributed by atoms with Crippen LogP contribution >= 0.6 is 0 Å². The lowest BCUT2D eigenvalue weighted by Gasteiger charge is -2.30. The molecule has 0 fully saturated rings. The lowest BCUT2D eigenvalue weighted by molar-refractivity contribution is -0.142. The second-order valence-corrected chi connectivity index (χ2v) is 7.12. The Kier molecular flexibility index (Phi) is 5.31. The molecule has 1 atom stereocenters. The standard InChI is InChI=1S/C24H24O3/c1-17(2)24(23(25)26,21-11-9-18(3)10-12-21)15-20-14-22(27-16-20)13-19-7-5-4-6-8-19/h4-12,14,16H,1,13,15H2,2-3H3,(H,25,26). The third-order valence-corrected chi connectivity index (χ3v) is 5.04. The van der Waals surface area contributed by atoms with Gasteiger partial charge in [0.25, 0.3) is 0 Å². The van der Waals surface area contributed by atoms with Crippen LogP contribution in [0.15, 0.2) is 83.5 Å². The molecule has 1 N–H and O–H groups in total. The zero-order chi connectivity index (χ0) is 19.4. The Morgan fingerprint density at radius 2 is 1.74 bits per heavy atom. The average molecular weight is 360 g/mol. The molecular weight excluding hydrogens is 336 g/mol. The van der Waals surface area contributed by atoms with Crippen molar-refractivity contribution in [2.24, 2.45) is 0 Å². The molecule has 3 nitrogen and oxygen atoms in total. The third-order valence-electron chi connectivity index (χ3n) is 5.04. The summed E-state index contributed by atoms with van der Waals surface area (Å²) in [4.78, 5) is 12.4. The van der Waals surface area contributed by atoms with Crippen LogP contribution in [-0.2, 0) is 23.1 Å². The van der Waals surface area contributed by atoms with Crippen molar-refractivity contribution >= 4 is 5.97 Å². The van der Waals surface area contributed by atoms with Crippen LogP contribution in [0.1, 0.15) is 34.9 Å². The number of hydrogen-bond acceptors (Lipinski definition) is 2. The van der Waals surface area contributed by atoms with Crippen molar-refractivity contribution in [2.75, 3.05) is 0 Å². The Morgan fingerprint density at radius 3 is 2.33 bits per heavy atom. The molecule has 2 aromatic carbocycles. The summed E-state index contributed by atoms with van der Waals surface area (Å²) >= 11 is 0. The number of furan rings is 1. The molecule has 0 aliphatic heterocycles. The first-order chi connectivity index (χ1) is 12.9. The zero-order valence-corrected chi connectivity index (χ0v) is 15.7. The van der Waals surface area contributed by atoms with Gasteiger partial charge in [-0.15, -0.1) is 0 Å². The highest BCUT2D eigenvalue weighted by Gasteiger charge is 2.41. The Balaban J connectivity index is 1.92. The number of aryl methyl sites for hydroxylation is 1. The quantitative estimate of drug-likeness (QED) is 0.580. The maximum atomic E-state index is 12.4. The topological polar surface area (TPSA) is 50.4 Å². The molecule has 3 rings (SSSR count). The van der Waals surface area contributed by atoms with Crippen LogP contribution in [0.2, 0.25) is 0 Å². The summed E-state index contributed by atoms with van der Waals surface area (Å²) in [5, 5.41) is 10.1. The summed E-state index contributed by atoms with van der Waals surface area (Å²) in [7, 11) is 0. The fourth-order valence-electron chi connectivity index (χ4n) is 3.43. The molecular formula is C24H24O3. The van der Waals surface area contributed by atoms with E-state index in [0.717, 1.165) is 28.0 Å². The second kappa shape index (κ2) is 7.67. The number of aliphatic carboxylic acids is 1. The van der Waals surface area contributed by atoms with Crippen LogP contribution in [0.25, 0.3) is 0 Å². The summed E-state index contributed by atoms with van der Waals surface area (Å²) in [5.74, 6) is -0.0780. The number of hydrogen-bond donors (Lipinski definition) is 1. The average Bonchev–Trinajstić information content (AvgIpc) is 3.07. The van der Waals surface area contributed by atoms with E-state index in [4.69, 9.17) is 4.42 Å². The van der Waals surface area contributed by atoms with E-state index in [-0.39, 0.29) is 0 Å². The van der Waals surface area contributed by atoms with Gasteiger partial charge in [-0.25, -0.2) is 0 Å². The first-order valence-corrected chi connectivity index (χ1v) is 8.98. The lowest BCUT2D eigenvalue weighted by Crippen LogP contribution is -2.39. The summed E-state index contributed by atoms with van der Waals surface area (Å²) in [5.41, 5.74) is 3.26. The molecule has 0 spiro atoms. The van der Waals surface area contributed by atoms with Crippen molar-refractivity contribution in [2.45, 2.75) is 32.1 Å². The van der Waals surface area contributed by atoms with E-state index in [2.05, 4.69) is 6.58 Å². The summed E-state index contributed by atoms with van der Waals surface area (Å²) < 4.78 is 5.71. The highest BCUT2D eigenvalue weighted by Crippen LogP contribution is 2.36. The van der Waals surface area contributed by atoms with Crippen molar-refractivity contribution in [3.63, 3.8) is 0 Å². The van der Waals surface area contributed by atoms with Crippen molar-refractivity contribution in [1.82, 2.24) is 0 Å². The molecule has 0 saturated heterocycles. The van der Waals surface area contributed by atoms with Crippen molar-refractivity contribution < 1.29 is 14.3 Å². The van der Waals surface area contributed by atoms with E-state index < -0.39 is 11.4 Å². The molecule has 0 saturated carbocycles. The van der Waals surface area contributed by atoms with Crippen LogP contribution in [0.4, 0.5) is 0 Å². The molecule has 1 heterocycles. The van der Waals surface area contributed by atoms with Crippen molar-refractivity contribution in [3.8, 4) is 0 Å². The van der Waals surface area contributed by atoms with Crippen LogP contribution in [0, 0.1) is 6.92 Å². The molecule has 3 heteroatoms. The minimum Gasteiger partial charge on any atom is -0.480 e. The molecule has 0 aliphatic rings. The molecule has 138 valence electrons. The largest absolute Gasteiger partial charge is 0.480 e. The number of carboxylic acids is 1. The monoisotopic (exact) mass is 360 g/mol. The summed E-state index contributed by atoms with van der Waals surface area (Å²) in [6.07, 6.45) is 2.64. The molecule has 27 heavy (non-hydrogen) atoms. The molecule has 0 amide bonds. The minimum absolute atomic E-state index is 0.305. The maximum absolute atomic E-state index is 12.4.